The molecule has 1 saturated heterocycles. The fourth-order valence-corrected chi connectivity index (χ4v) is 10.1. The standard InChI is InChI=1S/C35H37F2NO5S/c1-32-13-12-25(39)16-23(32)10-11-26-27-17-29-35(31(41)44-19-36,33(27,2)18-28(40)34(26,32)37)43-30(42-29)22-8-6-20(7-9-22)14-21-4-3-5-24(38)15-21/h3-9,12-13,15-16,26-30,40H,10-11,14,17-19,38H2,1-2H3/t26-,27-,28-,29+,30+,32-,33-,34-,35-/m0/s1. The van der Waals surface area contributed by atoms with Crippen molar-refractivity contribution in [1.29, 1.82) is 0 Å². The summed E-state index contributed by atoms with van der Waals surface area (Å²) in [6.07, 6.45) is 3.37. The number of benzene rings is 2. The van der Waals surface area contributed by atoms with Gasteiger partial charge in [-0.25, -0.2) is 8.78 Å². The smallest absolute Gasteiger partial charge is 0.226 e. The van der Waals surface area contributed by atoms with Crippen molar-refractivity contribution in [3.8, 4) is 0 Å². The van der Waals surface area contributed by atoms with Gasteiger partial charge < -0.3 is 20.3 Å². The van der Waals surface area contributed by atoms with Crippen molar-refractivity contribution in [1.82, 2.24) is 0 Å². The average Bonchev–Trinajstić information content (AvgIpc) is 3.48. The molecule has 9 atom stereocenters. The normalized spacial score (nSPS) is 40.5. The van der Waals surface area contributed by atoms with Gasteiger partial charge in [-0.1, -0.05) is 66.7 Å². The summed E-state index contributed by atoms with van der Waals surface area (Å²) in [5.41, 5.74) is 4.43. The Morgan fingerprint density at radius 2 is 1.91 bits per heavy atom. The number of hydrogen-bond donors (Lipinski definition) is 2. The number of fused-ring (bicyclic) bond motifs is 7. The Labute approximate surface area is 260 Å². The van der Waals surface area contributed by atoms with Crippen LogP contribution in [0, 0.1) is 22.7 Å². The fourth-order valence-electron chi connectivity index (χ4n) is 9.34. The number of ketones is 1. The van der Waals surface area contributed by atoms with Crippen LogP contribution < -0.4 is 5.73 Å². The lowest BCUT2D eigenvalue weighted by Crippen LogP contribution is -2.69. The molecule has 7 rings (SSSR count). The minimum Gasteiger partial charge on any atom is -0.399 e. The van der Waals surface area contributed by atoms with Crippen molar-refractivity contribution < 1.29 is 33.0 Å². The van der Waals surface area contributed by atoms with E-state index < -0.39 is 57.6 Å². The molecule has 2 aromatic rings. The van der Waals surface area contributed by atoms with Gasteiger partial charge in [0, 0.05) is 28.0 Å². The molecule has 1 heterocycles. The summed E-state index contributed by atoms with van der Waals surface area (Å²) in [5.74, 6) is -1.15. The number of carbonyl (C=O) groups is 2. The van der Waals surface area contributed by atoms with E-state index in [0.717, 1.165) is 16.7 Å². The molecular weight excluding hydrogens is 584 g/mol. The molecule has 3 N–H and O–H groups in total. The van der Waals surface area contributed by atoms with Crippen molar-refractivity contribution in [2.24, 2.45) is 22.7 Å². The lowest BCUT2D eigenvalue weighted by atomic mass is 9.45. The molecule has 0 amide bonds. The van der Waals surface area contributed by atoms with E-state index in [2.05, 4.69) is 0 Å². The summed E-state index contributed by atoms with van der Waals surface area (Å²) < 4.78 is 44.5. The van der Waals surface area contributed by atoms with Crippen LogP contribution in [0.4, 0.5) is 14.5 Å². The number of anilines is 1. The van der Waals surface area contributed by atoms with Crippen molar-refractivity contribution in [2.45, 2.75) is 75.7 Å². The maximum absolute atomic E-state index is 17.6. The molecule has 0 unspecified atom stereocenters. The van der Waals surface area contributed by atoms with Gasteiger partial charge in [-0.05, 0) is 80.4 Å². The van der Waals surface area contributed by atoms with Crippen LogP contribution >= 0.6 is 11.8 Å². The second-order valence-electron chi connectivity index (χ2n) is 13.5. The number of aliphatic hydroxyl groups excluding tert-OH is 1. The lowest BCUT2D eigenvalue weighted by Gasteiger charge is -2.62. The number of thioether (sulfide) groups is 1. The van der Waals surface area contributed by atoms with Gasteiger partial charge in [-0.2, -0.15) is 0 Å². The second kappa shape index (κ2) is 10.3. The zero-order valence-corrected chi connectivity index (χ0v) is 25.6. The maximum Gasteiger partial charge on any atom is 0.226 e. The molecule has 0 radical (unpaired) electrons. The number of rotatable bonds is 5. The van der Waals surface area contributed by atoms with E-state index in [0.29, 0.717) is 48.7 Å². The van der Waals surface area contributed by atoms with E-state index in [1.807, 2.05) is 55.5 Å². The Bertz CT molecular complexity index is 1580. The molecule has 44 heavy (non-hydrogen) atoms. The third-order valence-electron chi connectivity index (χ3n) is 11.5. The number of nitrogens with two attached hydrogens (primary N) is 1. The number of aliphatic hydroxyl groups is 1. The summed E-state index contributed by atoms with van der Waals surface area (Å²) in [6.45, 7) is 3.64. The molecule has 0 aromatic heterocycles. The van der Waals surface area contributed by atoms with Crippen molar-refractivity contribution in [3.63, 3.8) is 0 Å². The van der Waals surface area contributed by atoms with Crippen LogP contribution in [0.3, 0.4) is 0 Å². The predicted octanol–water partition coefficient (Wildman–Crippen LogP) is 6.18. The molecule has 9 heteroatoms. The summed E-state index contributed by atoms with van der Waals surface area (Å²) in [5, 5.41) is 11.2. The van der Waals surface area contributed by atoms with Gasteiger partial charge in [0.2, 0.25) is 5.12 Å². The highest BCUT2D eigenvalue weighted by molar-refractivity contribution is 8.13. The van der Waals surface area contributed by atoms with E-state index in [1.165, 1.54) is 12.2 Å². The number of carbonyl (C=O) groups excluding carboxylic acids is 2. The van der Waals surface area contributed by atoms with Crippen LogP contribution in [0.15, 0.2) is 72.3 Å². The van der Waals surface area contributed by atoms with Crippen LogP contribution in [-0.2, 0) is 25.5 Å². The molecule has 4 fully saturated rings. The Morgan fingerprint density at radius 1 is 1.14 bits per heavy atom. The number of allylic oxidation sites excluding steroid dienone is 4. The van der Waals surface area contributed by atoms with E-state index in [4.69, 9.17) is 15.2 Å². The summed E-state index contributed by atoms with van der Waals surface area (Å²) in [7, 11) is 0. The SMILES string of the molecule is C[C@]12C=CC(=O)C=C1CC[C@H]1[C@@H]3C[C@H]4O[C@@H](c5ccc(Cc6cccc(N)c6)cc5)O[C@@]4(C(=O)SCF)[C@@]3(C)C[C@H](O)[C@@]12F. The zero-order valence-electron chi connectivity index (χ0n) is 24.8. The first-order chi connectivity index (χ1) is 21.0. The Morgan fingerprint density at radius 3 is 2.64 bits per heavy atom. The van der Waals surface area contributed by atoms with E-state index in [1.54, 1.807) is 13.0 Å². The van der Waals surface area contributed by atoms with Gasteiger partial charge in [0.25, 0.3) is 0 Å². The topological polar surface area (TPSA) is 98.9 Å². The molecule has 1 aliphatic heterocycles. The third-order valence-corrected chi connectivity index (χ3v) is 12.2. The van der Waals surface area contributed by atoms with Gasteiger partial charge >= 0.3 is 0 Å². The summed E-state index contributed by atoms with van der Waals surface area (Å²) >= 11 is 0.545. The quantitative estimate of drug-likeness (QED) is 0.385. The number of ether oxygens (including phenoxy) is 2. The van der Waals surface area contributed by atoms with E-state index in [9.17, 15) is 19.1 Å². The van der Waals surface area contributed by atoms with Gasteiger partial charge in [0.05, 0.1) is 12.2 Å². The number of alkyl halides is 2. The first-order valence-electron chi connectivity index (χ1n) is 15.3. The Kier molecular flexibility index (Phi) is 7.01. The van der Waals surface area contributed by atoms with Crippen LogP contribution in [-0.4, -0.2) is 45.5 Å². The average molecular weight is 622 g/mol. The number of nitrogen functional groups attached to an aromatic ring is 1. The van der Waals surface area contributed by atoms with Gasteiger partial charge in [-0.3, -0.25) is 9.59 Å². The largest absolute Gasteiger partial charge is 0.399 e. The first-order valence-corrected chi connectivity index (χ1v) is 16.3. The third kappa shape index (κ3) is 4.01. The van der Waals surface area contributed by atoms with Crippen LogP contribution in [0.2, 0.25) is 0 Å². The highest BCUT2D eigenvalue weighted by Crippen LogP contribution is 2.72. The van der Waals surface area contributed by atoms with Crippen molar-refractivity contribution >= 4 is 28.3 Å². The minimum absolute atomic E-state index is 0.0559. The minimum atomic E-state index is -2.05. The Hall–Kier alpha value is -2.85. The highest BCUT2D eigenvalue weighted by Gasteiger charge is 2.79. The molecule has 5 aliphatic rings. The molecule has 6 nitrogen and oxygen atoms in total. The molecule has 4 aliphatic carbocycles. The Balaban J connectivity index is 1.21. The molecule has 0 spiro atoms. The molecular formula is C35H37F2NO5S. The van der Waals surface area contributed by atoms with Crippen molar-refractivity contribution in [3.05, 3.63) is 89.0 Å². The van der Waals surface area contributed by atoms with Gasteiger partial charge in [-0.15, -0.1) is 0 Å². The number of hydrogen-bond acceptors (Lipinski definition) is 7. The maximum atomic E-state index is 17.6. The lowest BCUT2D eigenvalue weighted by molar-refractivity contribution is -0.228. The second-order valence-corrected chi connectivity index (χ2v) is 14.4. The van der Waals surface area contributed by atoms with Crippen LogP contribution in [0.5, 0.6) is 0 Å². The monoisotopic (exact) mass is 621 g/mol. The van der Waals surface area contributed by atoms with Crippen LogP contribution in [0.1, 0.15) is 62.5 Å². The first kappa shape index (κ1) is 29.8. The molecule has 0 bridgehead atoms. The summed E-state index contributed by atoms with van der Waals surface area (Å²) in [6, 6.07) is 14.6. The summed E-state index contributed by atoms with van der Waals surface area (Å²) in [4.78, 5) is 26.1. The molecule has 2 aromatic carbocycles. The zero-order chi connectivity index (χ0) is 31.1. The predicted molar refractivity (Wildman–Crippen MR) is 164 cm³/mol. The molecule has 3 saturated carbocycles. The van der Waals surface area contributed by atoms with Crippen LogP contribution in [0.25, 0.3) is 0 Å². The molecule has 232 valence electrons. The van der Waals surface area contributed by atoms with Crippen molar-refractivity contribution in [2.75, 3.05) is 11.7 Å². The number of halogens is 2. The highest BCUT2D eigenvalue weighted by atomic mass is 32.2. The fraction of sp³-hybridized carbons (Fsp3) is 0.486. The van der Waals surface area contributed by atoms with Gasteiger partial charge in [0.15, 0.2) is 23.3 Å². The van der Waals surface area contributed by atoms with E-state index in [-0.39, 0.29) is 18.1 Å². The van der Waals surface area contributed by atoms with Gasteiger partial charge in [0.1, 0.15) is 6.01 Å². The van der Waals surface area contributed by atoms with E-state index >= 15 is 4.39 Å².